The molecule has 1 unspecified atom stereocenters. The molecule has 0 aliphatic rings. The van der Waals surface area contributed by atoms with E-state index >= 15 is 0 Å². The predicted octanol–water partition coefficient (Wildman–Crippen LogP) is 2.27. The van der Waals surface area contributed by atoms with Gasteiger partial charge in [-0.05, 0) is 48.9 Å². The van der Waals surface area contributed by atoms with Crippen LogP contribution >= 0.6 is 0 Å². The molecule has 0 aliphatic heterocycles. The molecule has 0 bridgehead atoms. The monoisotopic (exact) mass is 270 g/mol. The Morgan fingerprint density at radius 1 is 1.05 bits per heavy atom. The lowest BCUT2D eigenvalue weighted by atomic mass is 10.1. The standard InChI is InChI=1S/C15H14N2O3/c1-10(11-6-8-16-9-7-11)17-14(18)12-2-4-13(5-3-12)15(19)20/h2-10H,1H3,(H,17,18)(H,19,20). The van der Waals surface area contributed by atoms with Gasteiger partial charge in [-0.3, -0.25) is 9.78 Å². The molecule has 102 valence electrons. The minimum absolute atomic E-state index is 0.148. The van der Waals surface area contributed by atoms with Gasteiger partial charge in [-0.2, -0.15) is 0 Å². The summed E-state index contributed by atoms with van der Waals surface area (Å²) < 4.78 is 0. The molecule has 1 amide bonds. The number of carboxylic acid groups (broad SMARTS) is 1. The highest BCUT2D eigenvalue weighted by Crippen LogP contribution is 2.12. The number of carbonyl (C=O) groups is 2. The summed E-state index contributed by atoms with van der Waals surface area (Å²) in [6.45, 7) is 1.87. The van der Waals surface area contributed by atoms with Crippen LogP contribution in [-0.4, -0.2) is 22.0 Å². The summed E-state index contributed by atoms with van der Waals surface area (Å²) in [4.78, 5) is 26.7. The maximum absolute atomic E-state index is 12.0. The van der Waals surface area contributed by atoms with E-state index in [1.807, 2.05) is 19.1 Å². The molecule has 2 N–H and O–H groups in total. The summed E-state index contributed by atoms with van der Waals surface area (Å²) in [7, 11) is 0. The number of aromatic nitrogens is 1. The average molecular weight is 270 g/mol. The van der Waals surface area contributed by atoms with Crippen LogP contribution in [0.3, 0.4) is 0 Å². The number of benzene rings is 1. The summed E-state index contributed by atoms with van der Waals surface area (Å²) in [5.74, 6) is -1.26. The molecule has 2 aromatic rings. The van der Waals surface area contributed by atoms with Gasteiger partial charge in [0.1, 0.15) is 0 Å². The van der Waals surface area contributed by atoms with Gasteiger partial charge >= 0.3 is 5.97 Å². The highest BCUT2D eigenvalue weighted by molar-refractivity contribution is 5.96. The SMILES string of the molecule is CC(NC(=O)c1ccc(C(=O)O)cc1)c1ccncc1. The first-order valence-corrected chi connectivity index (χ1v) is 6.12. The first kappa shape index (κ1) is 13.7. The van der Waals surface area contributed by atoms with Crippen molar-refractivity contribution in [2.75, 3.05) is 0 Å². The van der Waals surface area contributed by atoms with Gasteiger partial charge in [0.25, 0.3) is 5.91 Å². The molecule has 1 aromatic heterocycles. The quantitative estimate of drug-likeness (QED) is 0.893. The van der Waals surface area contributed by atoms with Crippen molar-refractivity contribution in [2.45, 2.75) is 13.0 Å². The number of nitrogens with zero attached hydrogens (tertiary/aromatic N) is 1. The zero-order valence-electron chi connectivity index (χ0n) is 10.9. The Kier molecular flexibility index (Phi) is 4.10. The number of carbonyl (C=O) groups excluding carboxylic acids is 1. The maximum atomic E-state index is 12.0. The van der Waals surface area contributed by atoms with E-state index in [0.29, 0.717) is 5.56 Å². The van der Waals surface area contributed by atoms with Crippen LogP contribution in [0.5, 0.6) is 0 Å². The topological polar surface area (TPSA) is 79.3 Å². The maximum Gasteiger partial charge on any atom is 0.335 e. The van der Waals surface area contributed by atoms with E-state index < -0.39 is 5.97 Å². The Morgan fingerprint density at radius 2 is 1.60 bits per heavy atom. The van der Waals surface area contributed by atoms with E-state index in [1.54, 1.807) is 12.4 Å². The Balaban J connectivity index is 2.06. The molecule has 0 saturated heterocycles. The molecule has 2 rings (SSSR count). The van der Waals surface area contributed by atoms with Gasteiger partial charge in [0.05, 0.1) is 11.6 Å². The molecule has 1 atom stereocenters. The van der Waals surface area contributed by atoms with Gasteiger partial charge in [-0.15, -0.1) is 0 Å². The molecule has 1 aromatic carbocycles. The molecule has 0 fully saturated rings. The van der Waals surface area contributed by atoms with E-state index in [-0.39, 0.29) is 17.5 Å². The van der Waals surface area contributed by atoms with Crippen LogP contribution in [-0.2, 0) is 0 Å². The molecule has 1 heterocycles. The number of aromatic carboxylic acids is 1. The first-order valence-electron chi connectivity index (χ1n) is 6.12. The Labute approximate surface area is 116 Å². The minimum atomic E-state index is -1.01. The third-order valence-electron chi connectivity index (χ3n) is 2.95. The van der Waals surface area contributed by atoms with Crippen molar-refractivity contribution >= 4 is 11.9 Å². The van der Waals surface area contributed by atoms with Crippen LogP contribution in [0.1, 0.15) is 39.2 Å². The number of hydrogen-bond donors (Lipinski definition) is 2. The van der Waals surface area contributed by atoms with E-state index in [4.69, 9.17) is 5.11 Å². The summed E-state index contributed by atoms with van der Waals surface area (Å²) in [5.41, 5.74) is 1.54. The van der Waals surface area contributed by atoms with Gasteiger partial charge in [-0.25, -0.2) is 4.79 Å². The molecular weight excluding hydrogens is 256 g/mol. The second kappa shape index (κ2) is 5.97. The molecule has 20 heavy (non-hydrogen) atoms. The molecule has 5 nitrogen and oxygen atoms in total. The van der Waals surface area contributed by atoms with Crippen LogP contribution in [0.2, 0.25) is 0 Å². The van der Waals surface area contributed by atoms with Crippen molar-refractivity contribution in [3.05, 3.63) is 65.5 Å². The van der Waals surface area contributed by atoms with E-state index in [1.165, 1.54) is 24.3 Å². The van der Waals surface area contributed by atoms with E-state index in [0.717, 1.165) is 5.56 Å². The molecular formula is C15H14N2O3. The number of rotatable bonds is 4. The summed E-state index contributed by atoms with van der Waals surface area (Å²) in [6, 6.07) is 9.33. The fourth-order valence-corrected chi connectivity index (χ4v) is 1.78. The number of pyridine rings is 1. The molecule has 0 radical (unpaired) electrons. The lowest BCUT2D eigenvalue weighted by Crippen LogP contribution is -2.26. The highest BCUT2D eigenvalue weighted by Gasteiger charge is 2.12. The van der Waals surface area contributed by atoms with Crippen LogP contribution in [0.15, 0.2) is 48.8 Å². The second-order valence-electron chi connectivity index (χ2n) is 4.36. The Hall–Kier alpha value is -2.69. The molecule has 0 spiro atoms. The van der Waals surface area contributed by atoms with Crippen molar-refractivity contribution in [1.29, 1.82) is 0 Å². The number of carboxylic acids is 1. The van der Waals surface area contributed by atoms with Crippen LogP contribution in [0.25, 0.3) is 0 Å². The Bertz CT molecular complexity index is 609. The largest absolute Gasteiger partial charge is 0.478 e. The van der Waals surface area contributed by atoms with E-state index in [2.05, 4.69) is 10.3 Å². The summed E-state index contributed by atoms with van der Waals surface area (Å²) in [6.07, 6.45) is 3.33. The number of hydrogen-bond acceptors (Lipinski definition) is 3. The zero-order valence-corrected chi connectivity index (χ0v) is 10.9. The fourth-order valence-electron chi connectivity index (χ4n) is 1.78. The minimum Gasteiger partial charge on any atom is -0.478 e. The van der Waals surface area contributed by atoms with Crippen molar-refractivity contribution in [2.24, 2.45) is 0 Å². The van der Waals surface area contributed by atoms with Crippen LogP contribution in [0, 0.1) is 0 Å². The normalized spacial score (nSPS) is 11.7. The van der Waals surface area contributed by atoms with Crippen LogP contribution in [0.4, 0.5) is 0 Å². The van der Waals surface area contributed by atoms with Crippen molar-refractivity contribution in [1.82, 2.24) is 10.3 Å². The van der Waals surface area contributed by atoms with Gasteiger partial charge in [0.2, 0.25) is 0 Å². The van der Waals surface area contributed by atoms with Crippen molar-refractivity contribution in [3.63, 3.8) is 0 Å². The van der Waals surface area contributed by atoms with Crippen LogP contribution < -0.4 is 5.32 Å². The molecule has 0 aliphatic carbocycles. The second-order valence-corrected chi connectivity index (χ2v) is 4.36. The summed E-state index contributed by atoms with van der Waals surface area (Å²) in [5, 5.41) is 11.6. The highest BCUT2D eigenvalue weighted by atomic mass is 16.4. The lowest BCUT2D eigenvalue weighted by Gasteiger charge is -2.14. The van der Waals surface area contributed by atoms with Gasteiger partial charge in [0, 0.05) is 18.0 Å². The smallest absolute Gasteiger partial charge is 0.335 e. The fraction of sp³-hybridized carbons (Fsp3) is 0.133. The van der Waals surface area contributed by atoms with Gasteiger partial charge in [-0.1, -0.05) is 0 Å². The van der Waals surface area contributed by atoms with Crippen molar-refractivity contribution < 1.29 is 14.7 Å². The summed E-state index contributed by atoms with van der Waals surface area (Å²) >= 11 is 0. The third kappa shape index (κ3) is 3.20. The average Bonchev–Trinajstić information content (AvgIpc) is 2.48. The number of amides is 1. The van der Waals surface area contributed by atoms with Crippen molar-refractivity contribution in [3.8, 4) is 0 Å². The first-order chi connectivity index (χ1) is 9.58. The zero-order chi connectivity index (χ0) is 14.5. The molecule has 0 saturated carbocycles. The van der Waals surface area contributed by atoms with Gasteiger partial charge in [0.15, 0.2) is 0 Å². The number of nitrogens with one attached hydrogen (secondary N) is 1. The van der Waals surface area contributed by atoms with E-state index in [9.17, 15) is 9.59 Å². The molecule has 5 heteroatoms. The lowest BCUT2D eigenvalue weighted by molar-refractivity contribution is 0.0696. The van der Waals surface area contributed by atoms with Gasteiger partial charge < -0.3 is 10.4 Å². The third-order valence-corrected chi connectivity index (χ3v) is 2.95. The Morgan fingerprint density at radius 3 is 2.15 bits per heavy atom. The predicted molar refractivity (Wildman–Crippen MR) is 73.5 cm³/mol.